The van der Waals surface area contributed by atoms with Gasteiger partial charge < -0.3 is 9.73 Å². The summed E-state index contributed by atoms with van der Waals surface area (Å²) in [6, 6.07) is 5.38. The van der Waals surface area contributed by atoms with Gasteiger partial charge >= 0.3 is 5.76 Å². The average molecular weight is 307 g/mol. The summed E-state index contributed by atoms with van der Waals surface area (Å²) in [5.41, 5.74) is 0.466. The molecule has 1 heterocycles. The molecule has 1 N–H and O–H groups in total. The van der Waals surface area contributed by atoms with Crippen molar-refractivity contribution in [2.24, 2.45) is 5.92 Å². The molecule has 0 spiro atoms. The fraction of sp³-hybridized carbons (Fsp3) is 0.400. The molecule has 2 rings (SSSR count). The Morgan fingerprint density at radius 2 is 1.95 bits per heavy atom. The number of amides is 1. The first-order valence-electron chi connectivity index (χ1n) is 7.00. The van der Waals surface area contributed by atoms with Gasteiger partial charge in [0.1, 0.15) is 12.4 Å². The molecule has 0 aliphatic carbocycles. The molecule has 1 atom stereocenters. The van der Waals surface area contributed by atoms with Gasteiger partial charge in [-0.3, -0.25) is 4.79 Å². The van der Waals surface area contributed by atoms with Crippen LogP contribution in [0.15, 0.2) is 33.5 Å². The van der Waals surface area contributed by atoms with Crippen LogP contribution in [0.2, 0.25) is 0 Å². The summed E-state index contributed by atoms with van der Waals surface area (Å²) in [5.74, 6) is -1.11. The van der Waals surface area contributed by atoms with Crippen LogP contribution in [0.1, 0.15) is 20.8 Å². The minimum absolute atomic E-state index is 0.00771. The maximum atomic E-state index is 12.9. The van der Waals surface area contributed by atoms with Gasteiger partial charge in [0.2, 0.25) is 11.8 Å². The highest BCUT2D eigenvalue weighted by Crippen LogP contribution is 2.15. The number of aromatic nitrogens is 2. The highest BCUT2D eigenvalue weighted by molar-refractivity contribution is 5.75. The van der Waals surface area contributed by atoms with E-state index in [9.17, 15) is 14.0 Å². The van der Waals surface area contributed by atoms with Crippen LogP contribution in [0.3, 0.4) is 0 Å². The molecule has 0 saturated heterocycles. The van der Waals surface area contributed by atoms with E-state index in [2.05, 4.69) is 10.4 Å². The van der Waals surface area contributed by atoms with Crippen molar-refractivity contribution < 1.29 is 13.6 Å². The van der Waals surface area contributed by atoms with Crippen LogP contribution < -0.4 is 11.1 Å². The lowest BCUT2D eigenvalue weighted by Gasteiger charge is -2.16. The second-order valence-corrected chi connectivity index (χ2v) is 5.44. The maximum Gasteiger partial charge on any atom is 0.437 e. The first-order chi connectivity index (χ1) is 10.4. The monoisotopic (exact) mass is 307 g/mol. The Morgan fingerprint density at radius 3 is 2.55 bits per heavy atom. The molecule has 0 saturated carbocycles. The molecule has 1 unspecified atom stereocenters. The van der Waals surface area contributed by atoms with Crippen LogP contribution in [0.5, 0.6) is 0 Å². The molecule has 7 heteroatoms. The first-order valence-corrected chi connectivity index (χ1v) is 7.00. The van der Waals surface area contributed by atoms with E-state index in [0.717, 1.165) is 4.68 Å². The van der Waals surface area contributed by atoms with Crippen molar-refractivity contribution in [1.29, 1.82) is 0 Å². The molecule has 0 aliphatic heterocycles. The van der Waals surface area contributed by atoms with E-state index >= 15 is 0 Å². The summed E-state index contributed by atoms with van der Waals surface area (Å²) in [6.45, 7) is 5.64. The van der Waals surface area contributed by atoms with E-state index in [1.54, 1.807) is 0 Å². The molecule has 118 valence electrons. The Bertz CT molecular complexity index is 704. The molecule has 2 aromatic rings. The van der Waals surface area contributed by atoms with Crippen LogP contribution >= 0.6 is 0 Å². The van der Waals surface area contributed by atoms with Crippen LogP contribution in [0, 0.1) is 11.7 Å². The lowest BCUT2D eigenvalue weighted by atomic mass is 10.1. The van der Waals surface area contributed by atoms with Crippen molar-refractivity contribution in [3.63, 3.8) is 0 Å². The number of halogens is 1. The van der Waals surface area contributed by atoms with E-state index < -0.39 is 11.6 Å². The molecule has 0 bridgehead atoms. The standard InChI is InChI=1S/C15H18FN3O3/c1-9(2)10(3)17-13(20)8-19-15(21)22-14(18-19)11-4-6-12(16)7-5-11/h4-7,9-10H,8H2,1-3H3,(H,17,20). The minimum Gasteiger partial charge on any atom is -0.388 e. The van der Waals surface area contributed by atoms with Crippen LogP contribution in [-0.4, -0.2) is 21.7 Å². The Balaban J connectivity index is 2.12. The molecule has 0 fully saturated rings. The lowest BCUT2D eigenvalue weighted by molar-refractivity contribution is -0.122. The topological polar surface area (TPSA) is 77.1 Å². The number of hydrogen-bond acceptors (Lipinski definition) is 4. The molecular formula is C15H18FN3O3. The summed E-state index contributed by atoms with van der Waals surface area (Å²) in [5, 5.41) is 6.74. The first kappa shape index (κ1) is 15.9. The number of benzene rings is 1. The predicted octanol–water partition coefficient (Wildman–Crippen LogP) is 1.80. The van der Waals surface area contributed by atoms with E-state index in [0.29, 0.717) is 5.56 Å². The van der Waals surface area contributed by atoms with Crippen molar-refractivity contribution in [2.75, 3.05) is 0 Å². The van der Waals surface area contributed by atoms with Crippen molar-refractivity contribution in [1.82, 2.24) is 15.1 Å². The number of nitrogens with one attached hydrogen (secondary N) is 1. The lowest BCUT2D eigenvalue weighted by Crippen LogP contribution is -2.39. The third-order valence-electron chi connectivity index (χ3n) is 3.38. The quantitative estimate of drug-likeness (QED) is 0.914. The zero-order valence-corrected chi connectivity index (χ0v) is 12.7. The summed E-state index contributed by atoms with van der Waals surface area (Å²) < 4.78 is 18.8. The number of carbonyl (C=O) groups excluding carboxylic acids is 1. The summed E-state index contributed by atoms with van der Waals surface area (Å²) in [6.07, 6.45) is 0. The highest BCUT2D eigenvalue weighted by atomic mass is 19.1. The maximum absolute atomic E-state index is 12.9. The van der Waals surface area contributed by atoms with Gasteiger partial charge in [-0.25, -0.2) is 9.18 Å². The third kappa shape index (κ3) is 3.81. The third-order valence-corrected chi connectivity index (χ3v) is 3.38. The Labute approximate surface area is 126 Å². The summed E-state index contributed by atoms with van der Waals surface area (Å²) in [4.78, 5) is 23.6. The van der Waals surface area contributed by atoms with E-state index in [-0.39, 0.29) is 30.3 Å². The molecule has 1 amide bonds. The molecule has 22 heavy (non-hydrogen) atoms. The van der Waals surface area contributed by atoms with Crippen molar-refractivity contribution >= 4 is 5.91 Å². The van der Waals surface area contributed by atoms with E-state index in [1.807, 2.05) is 20.8 Å². The minimum atomic E-state index is -0.730. The highest BCUT2D eigenvalue weighted by Gasteiger charge is 2.15. The zero-order chi connectivity index (χ0) is 16.3. The number of nitrogens with zero attached hydrogens (tertiary/aromatic N) is 2. The predicted molar refractivity (Wildman–Crippen MR) is 78.6 cm³/mol. The van der Waals surface area contributed by atoms with E-state index in [1.165, 1.54) is 24.3 Å². The molecular weight excluding hydrogens is 289 g/mol. The normalized spacial score (nSPS) is 12.4. The second kappa shape index (κ2) is 6.55. The number of hydrogen-bond donors (Lipinski definition) is 1. The van der Waals surface area contributed by atoms with Gasteiger partial charge in [0.05, 0.1) is 0 Å². The fourth-order valence-electron chi connectivity index (χ4n) is 1.72. The van der Waals surface area contributed by atoms with Crippen molar-refractivity contribution in [3.05, 3.63) is 40.6 Å². The molecule has 6 nitrogen and oxygen atoms in total. The smallest absolute Gasteiger partial charge is 0.388 e. The van der Waals surface area contributed by atoms with Gasteiger partial charge in [0.15, 0.2) is 0 Å². The Hall–Kier alpha value is -2.44. The van der Waals surface area contributed by atoms with Crippen molar-refractivity contribution in [3.8, 4) is 11.5 Å². The molecule has 0 aliphatic rings. The number of rotatable bonds is 5. The molecule has 1 aromatic carbocycles. The largest absolute Gasteiger partial charge is 0.437 e. The van der Waals surface area contributed by atoms with Gasteiger partial charge in [-0.1, -0.05) is 13.8 Å². The van der Waals surface area contributed by atoms with Gasteiger partial charge in [-0.15, -0.1) is 5.10 Å². The van der Waals surface area contributed by atoms with Crippen molar-refractivity contribution in [2.45, 2.75) is 33.4 Å². The SMILES string of the molecule is CC(C)C(C)NC(=O)Cn1nc(-c2ccc(F)cc2)oc1=O. The van der Waals surface area contributed by atoms with E-state index in [4.69, 9.17) is 4.42 Å². The zero-order valence-electron chi connectivity index (χ0n) is 12.7. The molecule has 1 aromatic heterocycles. The van der Waals surface area contributed by atoms with Gasteiger partial charge in [-0.05, 0) is 37.1 Å². The number of carbonyl (C=O) groups is 1. The van der Waals surface area contributed by atoms with Gasteiger partial charge in [0, 0.05) is 11.6 Å². The van der Waals surface area contributed by atoms with Gasteiger partial charge in [-0.2, -0.15) is 4.68 Å². The van der Waals surface area contributed by atoms with Crippen LogP contribution in [0.4, 0.5) is 4.39 Å². The Morgan fingerprint density at radius 1 is 1.32 bits per heavy atom. The van der Waals surface area contributed by atoms with Crippen LogP contribution in [0.25, 0.3) is 11.5 Å². The van der Waals surface area contributed by atoms with Gasteiger partial charge in [0.25, 0.3) is 0 Å². The Kier molecular flexibility index (Phi) is 4.75. The summed E-state index contributed by atoms with van der Waals surface area (Å²) >= 11 is 0. The fourth-order valence-corrected chi connectivity index (χ4v) is 1.72. The van der Waals surface area contributed by atoms with Crippen LogP contribution in [-0.2, 0) is 11.3 Å². The average Bonchev–Trinajstić information content (AvgIpc) is 2.80. The summed E-state index contributed by atoms with van der Waals surface area (Å²) in [7, 11) is 0. The second-order valence-electron chi connectivity index (χ2n) is 5.44. The molecule has 0 radical (unpaired) electrons.